The van der Waals surface area contributed by atoms with Crippen LogP contribution in [0.3, 0.4) is 0 Å². The molecule has 0 spiro atoms. The topological polar surface area (TPSA) is 32.3 Å². The number of hydrogen-bond donors (Lipinski definition) is 1. The van der Waals surface area contributed by atoms with Crippen molar-refractivity contribution in [2.45, 2.75) is 76.5 Å². The van der Waals surface area contributed by atoms with Crippen LogP contribution >= 0.6 is 0 Å². The Bertz CT molecular complexity index is 283. The summed E-state index contributed by atoms with van der Waals surface area (Å²) in [6.07, 6.45) is 6.77. The van der Waals surface area contributed by atoms with Crippen LogP contribution in [0.1, 0.15) is 52.4 Å². The highest BCUT2D eigenvalue weighted by Gasteiger charge is 2.48. The highest BCUT2D eigenvalue weighted by Crippen LogP contribution is 2.40. The van der Waals surface area contributed by atoms with Gasteiger partial charge in [0.25, 0.3) is 0 Å². The van der Waals surface area contributed by atoms with E-state index in [-0.39, 0.29) is 5.92 Å². The molecule has 1 N–H and O–H groups in total. The minimum Gasteiger partial charge on any atom is -0.336 e. The van der Waals surface area contributed by atoms with Crippen molar-refractivity contribution in [3.05, 3.63) is 0 Å². The van der Waals surface area contributed by atoms with E-state index in [9.17, 15) is 4.79 Å². The molecule has 0 unspecified atom stereocenters. The molecule has 4 aliphatic heterocycles. The first kappa shape index (κ1) is 11.5. The number of carbonyl (C=O) groups is 1. The van der Waals surface area contributed by atoms with Gasteiger partial charge in [-0.15, -0.1) is 0 Å². The summed E-state index contributed by atoms with van der Waals surface area (Å²) in [6, 6.07) is 2.49. The Hall–Kier alpha value is -0.570. The summed E-state index contributed by atoms with van der Waals surface area (Å²) < 4.78 is 0. The Kier molecular flexibility index (Phi) is 2.89. The van der Waals surface area contributed by atoms with Crippen molar-refractivity contribution in [1.82, 2.24) is 10.2 Å². The maximum atomic E-state index is 12.6. The van der Waals surface area contributed by atoms with Crippen LogP contribution < -0.4 is 5.32 Å². The van der Waals surface area contributed by atoms with Crippen LogP contribution in [0.15, 0.2) is 0 Å². The third-order valence-electron chi connectivity index (χ3n) is 5.07. The van der Waals surface area contributed by atoms with Crippen molar-refractivity contribution >= 4 is 5.91 Å². The van der Waals surface area contributed by atoms with E-state index in [1.807, 2.05) is 0 Å². The Balaban J connectivity index is 1.77. The Morgan fingerprint density at radius 1 is 1.12 bits per heavy atom. The first-order chi connectivity index (χ1) is 8.22. The number of hydrogen-bond acceptors (Lipinski definition) is 2. The van der Waals surface area contributed by atoms with Gasteiger partial charge >= 0.3 is 0 Å². The van der Waals surface area contributed by atoms with Crippen molar-refractivity contribution in [3.63, 3.8) is 0 Å². The summed E-state index contributed by atoms with van der Waals surface area (Å²) in [5.41, 5.74) is 0. The zero-order valence-corrected chi connectivity index (χ0v) is 11.0. The fourth-order valence-electron chi connectivity index (χ4n) is 4.27. The van der Waals surface area contributed by atoms with E-state index in [0.29, 0.717) is 30.1 Å². The summed E-state index contributed by atoms with van der Waals surface area (Å²) in [5, 5.41) is 3.69. The van der Waals surface area contributed by atoms with E-state index in [1.54, 1.807) is 0 Å². The van der Waals surface area contributed by atoms with Gasteiger partial charge < -0.3 is 10.2 Å². The monoisotopic (exact) mass is 236 g/mol. The lowest BCUT2D eigenvalue weighted by Gasteiger charge is -2.57. The quantitative estimate of drug-likeness (QED) is 0.812. The average Bonchev–Trinajstić information content (AvgIpc) is 2.29. The normalized spacial score (nSPS) is 39.1. The van der Waals surface area contributed by atoms with Gasteiger partial charge in [0.1, 0.15) is 0 Å². The molecule has 3 heteroatoms. The number of amides is 1. The largest absolute Gasteiger partial charge is 0.336 e. The molecule has 1 amide bonds. The molecule has 0 aromatic carbocycles. The molecule has 17 heavy (non-hydrogen) atoms. The lowest BCUT2D eigenvalue weighted by molar-refractivity contribution is -0.150. The van der Waals surface area contributed by atoms with Crippen LogP contribution in [0.4, 0.5) is 0 Å². The Labute approximate surface area is 104 Å². The van der Waals surface area contributed by atoms with Crippen molar-refractivity contribution in [3.8, 4) is 0 Å². The second-order valence-corrected chi connectivity index (χ2v) is 6.07. The summed E-state index contributed by atoms with van der Waals surface area (Å²) in [5.74, 6) is 0.712. The molecular formula is C14H24N2O. The van der Waals surface area contributed by atoms with E-state index in [2.05, 4.69) is 24.1 Å². The molecule has 4 rings (SSSR count). The first-order valence-corrected chi connectivity index (χ1v) is 7.31. The lowest BCUT2D eigenvalue weighted by Crippen LogP contribution is -2.69. The smallest absolute Gasteiger partial charge is 0.226 e. The number of nitrogens with one attached hydrogen (secondary N) is 1. The molecule has 0 radical (unpaired) electrons. The summed E-state index contributed by atoms with van der Waals surface area (Å²) in [4.78, 5) is 14.9. The third kappa shape index (κ3) is 1.79. The van der Waals surface area contributed by atoms with Crippen LogP contribution in [0.5, 0.6) is 0 Å². The summed E-state index contributed by atoms with van der Waals surface area (Å²) in [6.45, 7) is 4.29. The molecule has 96 valence electrons. The van der Waals surface area contributed by atoms with Crippen molar-refractivity contribution in [1.29, 1.82) is 0 Å². The zero-order valence-electron chi connectivity index (χ0n) is 11.0. The molecule has 4 aliphatic rings. The second-order valence-electron chi connectivity index (χ2n) is 6.07. The molecule has 4 bridgehead atoms. The summed E-state index contributed by atoms with van der Waals surface area (Å²) >= 11 is 0. The van der Waals surface area contributed by atoms with Gasteiger partial charge in [-0.2, -0.15) is 0 Å². The maximum Gasteiger partial charge on any atom is 0.226 e. The van der Waals surface area contributed by atoms with E-state index in [0.717, 1.165) is 12.8 Å². The highest BCUT2D eigenvalue weighted by molar-refractivity contribution is 5.79. The molecule has 3 nitrogen and oxygen atoms in total. The van der Waals surface area contributed by atoms with E-state index in [1.165, 1.54) is 25.7 Å². The molecule has 0 aliphatic carbocycles. The predicted molar refractivity (Wildman–Crippen MR) is 67.7 cm³/mol. The van der Waals surface area contributed by atoms with Crippen LogP contribution in [-0.4, -0.2) is 35.0 Å². The Morgan fingerprint density at radius 3 is 2.00 bits per heavy atom. The van der Waals surface area contributed by atoms with Crippen LogP contribution in [0.25, 0.3) is 0 Å². The fraction of sp³-hybridized carbons (Fsp3) is 0.929. The molecule has 0 aromatic heterocycles. The van der Waals surface area contributed by atoms with Crippen LogP contribution in [0.2, 0.25) is 0 Å². The average molecular weight is 236 g/mol. The minimum atomic E-state index is 0.264. The molecule has 4 saturated heterocycles. The van der Waals surface area contributed by atoms with Gasteiger partial charge in [0.2, 0.25) is 5.91 Å². The standard InChI is InChI=1S/C14H24N2O/c1-3-9(4-2)14(17)16-12-5-10-6-13(16)8-11(7-12)15-10/h9-13,15H,3-8H2,1-2H3. The van der Waals surface area contributed by atoms with Gasteiger partial charge in [0.05, 0.1) is 0 Å². The van der Waals surface area contributed by atoms with Gasteiger partial charge in [0.15, 0.2) is 0 Å². The van der Waals surface area contributed by atoms with Crippen LogP contribution in [0, 0.1) is 5.92 Å². The van der Waals surface area contributed by atoms with E-state index in [4.69, 9.17) is 0 Å². The maximum absolute atomic E-state index is 12.6. The second kappa shape index (κ2) is 4.27. The van der Waals surface area contributed by atoms with Crippen LogP contribution in [-0.2, 0) is 4.79 Å². The number of carbonyl (C=O) groups excluding carboxylic acids is 1. The van der Waals surface area contributed by atoms with Gasteiger partial charge in [-0.3, -0.25) is 4.79 Å². The molecular weight excluding hydrogens is 212 g/mol. The number of rotatable bonds is 3. The SMILES string of the molecule is CCC(CC)C(=O)N1C2CC3CC1CC(C2)N3. The Morgan fingerprint density at radius 2 is 1.59 bits per heavy atom. The minimum absolute atomic E-state index is 0.264. The van der Waals surface area contributed by atoms with Crippen molar-refractivity contribution in [2.75, 3.05) is 0 Å². The van der Waals surface area contributed by atoms with Crippen molar-refractivity contribution in [2.24, 2.45) is 5.92 Å². The third-order valence-corrected chi connectivity index (χ3v) is 5.07. The lowest BCUT2D eigenvalue weighted by atomic mass is 9.74. The number of piperidine rings is 4. The molecule has 0 atom stereocenters. The molecule has 0 saturated carbocycles. The highest BCUT2D eigenvalue weighted by atomic mass is 16.2. The molecule has 0 aromatic rings. The summed E-state index contributed by atoms with van der Waals surface area (Å²) in [7, 11) is 0. The van der Waals surface area contributed by atoms with E-state index < -0.39 is 0 Å². The predicted octanol–water partition coefficient (Wildman–Crippen LogP) is 1.92. The fourth-order valence-corrected chi connectivity index (χ4v) is 4.27. The molecule has 4 heterocycles. The van der Waals surface area contributed by atoms with Gasteiger partial charge in [-0.1, -0.05) is 13.8 Å². The zero-order chi connectivity index (χ0) is 12.0. The van der Waals surface area contributed by atoms with E-state index >= 15 is 0 Å². The number of nitrogens with zero attached hydrogens (tertiary/aromatic N) is 1. The van der Waals surface area contributed by atoms with Gasteiger partial charge in [0, 0.05) is 30.1 Å². The van der Waals surface area contributed by atoms with Gasteiger partial charge in [-0.25, -0.2) is 0 Å². The first-order valence-electron chi connectivity index (χ1n) is 7.31. The van der Waals surface area contributed by atoms with Crippen molar-refractivity contribution < 1.29 is 4.79 Å². The van der Waals surface area contributed by atoms with Gasteiger partial charge in [-0.05, 0) is 38.5 Å². The molecule has 4 fully saturated rings.